The van der Waals surface area contributed by atoms with E-state index in [1.54, 1.807) is 11.3 Å². The second kappa shape index (κ2) is 6.20. The van der Waals surface area contributed by atoms with Gasteiger partial charge in [0.05, 0.1) is 0 Å². The first-order valence-corrected chi connectivity index (χ1v) is 7.63. The molecule has 18 heavy (non-hydrogen) atoms. The van der Waals surface area contributed by atoms with Crippen molar-refractivity contribution < 1.29 is 0 Å². The van der Waals surface area contributed by atoms with Crippen molar-refractivity contribution in [2.24, 2.45) is 0 Å². The summed E-state index contributed by atoms with van der Waals surface area (Å²) < 4.78 is 0.870. The molecule has 0 aliphatic rings. The minimum atomic E-state index is 0.870. The lowest BCUT2D eigenvalue weighted by Crippen LogP contribution is -2.21. The van der Waals surface area contributed by atoms with Crippen LogP contribution in [0, 0.1) is 0 Å². The second-order valence-corrected chi connectivity index (χ2v) is 5.49. The lowest BCUT2D eigenvalue weighted by atomic mass is 10.2. The molecule has 1 heterocycles. The third-order valence-electron chi connectivity index (χ3n) is 2.72. The van der Waals surface area contributed by atoms with Crippen molar-refractivity contribution >= 4 is 43.8 Å². The van der Waals surface area contributed by atoms with Gasteiger partial charge >= 0.3 is 0 Å². The molecule has 5 heteroatoms. The van der Waals surface area contributed by atoms with E-state index in [9.17, 15) is 0 Å². The van der Waals surface area contributed by atoms with Crippen LogP contribution in [0.25, 0.3) is 0 Å². The van der Waals surface area contributed by atoms with Crippen LogP contribution in [0.1, 0.15) is 13.8 Å². The van der Waals surface area contributed by atoms with Crippen LogP contribution in [0.4, 0.5) is 16.5 Å². The van der Waals surface area contributed by atoms with Crippen molar-refractivity contribution in [3.8, 4) is 0 Å². The fraction of sp³-hybridized carbons (Fsp3) is 0.308. The molecule has 0 amide bonds. The summed E-state index contributed by atoms with van der Waals surface area (Å²) in [6.07, 6.45) is 0. The molecular formula is C13H16BrN3S. The topological polar surface area (TPSA) is 28.2 Å². The summed E-state index contributed by atoms with van der Waals surface area (Å²) in [5.41, 5.74) is 2.32. The van der Waals surface area contributed by atoms with Gasteiger partial charge in [0.1, 0.15) is 4.60 Å². The average Bonchev–Trinajstić information content (AvgIpc) is 2.78. The van der Waals surface area contributed by atoms with Gasteiger partial charge < -0.3 is 10.2 Å². The largest absolute Gasteiger partial charge is 0.372 e. The first kappa shape index (κ1) is 13.4. The number of halogens is 1. The number of nitrogens with zero attached hydrogens (tertiary/aromatic N) is 2. The summed E-state index contributed by atoms with van der Waals surface area (Å²) in [4.78, 5) is 6.63. The van der Waals surface area contributed by atoms with E-state index in [1.165, 1.54) is 5.69 Å². The third-order valence-corrected chi connectivity index (χ3v) is 4.19. The Kier molecular flexibility index (Phi) is 4.60. The van der Waals surface area contributed by atoms with Gasteiger partial charge in [-0.05, 0) is 54.0 Å². The Bertz CT molecular complexity index is 491. The zero-order valence-corrected chi connectivity index (χ0v) is 12.9. The Labute approximate surface area is 120 Å². The molecule has 0 atom stereocenters. The zero-order valence-electron chi connectivity index (χ0n) is 10.5. The fourth-order valence-corrected chi connectivity index (χ4v) is 2.94. The highest BCUT2D eigenvalue weighted by Crippen LogP contribution is 2.25. The molecule has 1 aromatic heterocycles. The van der Waals surface area contributed by atoms with Crippen LogP contribution in [0.2, 0.25) is 0 Å². The normalized spacial score (nSPS) is 10.4. The van der Waals surface area contributed by atoms with Crippen molar-refractivity contribution in [2.45, 2.75) is 13.8 Å². The molecule has 96 valence electrons. The van der Waals surface area contributed by atoms with Crippen LogP contribution in [-0.4, -0.2) is 18.1 Å². The van der Waals surface area contributed by atoms with Gasteiger partial charge in [-0.1, -0.05) is 0 Å². The van der Waals surface area contributed by atoms with Crippen LogP contribution in [0.5, 0.6) is 0 Å². The van der Waals surface area contributed by atoms with E-state index in [0.29, 0.717) is 0 Å². The van der Waals surface area contributed by atoms with E-state index in [4.69, 9.17) is 0 Å². The second-order valence-electron chi connectivity index (χ2n) is 3.82. The van der Waals surface area contributed by atoms with Gasteiger partial charge in [-0.3, -0.25) is 0 Å². The molecule has 3 nitrogen and oxygen atoms in total. The van der Waals surface area contributed by atoms with Crippen molar-refractivity contribution in [1.29, 1.82) is 0 Å². The van der Waals surface area contributed by atoms with E-state index >= 15 is 0 Å². The van der Waals surface area contributed by atoms with Crippen molar-refractivity contribution in [3.63, 3.8) is 0 Å². The Hall–Kier alpha value is -1.07. The number of aromatic nitrogens is 1. The predicted octanol–water partition coefficient (Wildman–Crippen LogP) is 4.50. The summed E-state index contributed by atoms with van der Waals surface area (Å²) in [7, 11) is 0. The Morgan fingerprint density at radius 2 is 1.89 bits per heavy atom. The summed E-state index contributed by atoms with van der Waals surface area (Å²) in [6, 6.07) is 8.45. The standard InChI is InChI=1S/C13H16BrN3S/c1-3-17(4-2)11-7-5-10(6-8-11)15-13-16-12(14)9-18-13/h5-9H,3-4H2,1-2H3,(H,15,16). The minimum absolute atomic E-state index is 0.870. The van der Waals surface area contributed by atoms with Gasteiger partial charge in [0.15, 0.2) is 5.13 Å². The predicted molar refractivity (Wildman–Crippen MR) is 83.1 cm³/mol. The van der Waals surface area contributed by atoms with E-state index in [-0.39, 0.29) is 0 Å². The lowest BCUT2D eigenvalue weighted by molar-refractivity contribution is 0.866. The molecule has 0 unspecified atom stereocenters. The smallest absolute Gasteiger partial charge is 0.188 e. The number of hydrogen-bond donors (Lipinski definition) is 1. The average molecular weight is 326 g/mol. The fourth-order valence-electron chi connectivity index (χ4n) is 1.78. The van der Waals surface area contributed by atoms with Gasteiger partial charge in [0.25, 0.3) is 0 Å². The maximum Gasteiger partial charge on any atom is 0.188 e. The summed E-state index contributed by atoms with van der Waals surface area (Å²) in [5, 5.41) is 6.15. The van der Waals surface area contributed by atoms with Crippen molar-refractivity contribution in [2.75, 3.05) is 23.3 Å². The number of benzene rings is 1. The van der Waals surface area contributed by atoms with Gasteiger partial charge in [-0.25, -0.2) is 4.98 Å². The SMILES string of the molecule is CCN(CC)c1ccc(Nc2nc(Br)cs2)cc1. The molecule has 0 saturated heterocycles. The molecule has 0 aliphatic carbocycles. The highest BCUT2D eigenvalue weighted by Gasteiger charge is 2.03. The molecule has 0 spiro atoms. The summed E-state index contributed by atoms with van der Waals surface area (Å²) in [6.45, 7) is 6.40. The van der Waals surface area contributed by atoms with E-state index < -0.39 is 0 Å². The molecule has 0 bridgehead atoms. The Morgan fingerprint density at radius 1 is 1.22 bits per heavy atom. The van der Waals surface area contributed by atoms with Crippen LogP contribution < -0.4 is 10.2 Å². The number of thiazole rings is 1. The maximum atomic E-state index is 4.31. The summed E-state index contributed by atoms with van der Waals surface area (Å²) in [5.74, 6) is 0. The molecule has 0 fully saturated rings. The third kappa shape index (κ3) is 3.23. The van der Waals surface area contributed by atoms with Crippen LogP contribution >= 0.6 is 27.3 Å². The quantitative estimate of drug-likeness (QED) is 0.877. The first-order valence-electron chi connectivity index (χ1n) is 5.96. The van der Waals surface area contributed by atoms with E-state index in [0.717, 1.165) is 28.5 Å². The minimum Gasteiger partial charge on any atom is -0.372 e. The molecule has 1 aromatic carbocycles. The van der Waals surface area contributed by atoms with Crippen LogP contribution in [0.15, 0.2) is 34.2 Å². The van der Waals surface area contributed by atoms with E-state index in [1.807, 2.05) is 5.38 Å². The lowest BCUT2D eigenvalue weighted by Gasteiger charge is -2.21. The van der Waals surface area contributed by atoms with Gasteiger partial charge in [-0.2, -0.15) is 0 Å². The monoisotopic (exact) mass is 325 g/mol. The van der Waals surface area contributed by atoms with Gasteiger partial charge in [-0.15, -0.1) is 11.3 Å². The van der Waals surface area contributed by atoms with E-state index in [2.05, 4.69) is 69.2 Å². The Balaban J connectivity index is 2.07. The first-order chi connectivity index (χ1) is 8.72. The molecule has 0 radical (unpaired) electrons. The van der Waals surface area contributed by atoms with Gasteiger partial charge in [0, 0.05) is 29.8 Å². The van der Waals surface area contributed by atoms with Gasteiger partial charge in [0.2, 0.25) is 0 Å². The molecule has 0 aliphatic heterocycles. The molecule has 2 aromatic rings. The zero-order chi connectivity index (χ0) is 13.0. The molecular weight excluding hydrogens is 310 g/mol. The van der Waals surface area contributed by atoms with Crippen LogP contribution in [-0.2, 0) is 0 Å². The highest BCUT2D eigenvalue weighted by molar-refractivity contribution is 9.10. The molecule has 0 saturated carbocycles. The number of hydrogen-bond acceptors (Lipinski definition) is 4. The maximum absolute atomic E-state index is 4.31. The number of anilines is 3. The van der Waals surface area contributed by atoms with Crippen LogP contribution in [0.3, 0.4) is 0 Å². The molecule has 1 N–H and O–H groups in total. The number of nitrogens with one attached hydrogen (secondary N) is 1. The van der Waals surface area contributed by atoms with Crippen molar-refractivity contribution in [3.05, 3.63) is 34.2 Å². The highest BCUT2D eigenvalue weighted by atomic mass is 79.9. The molecule has 2 rings (SSSR count). The Morgan fingerprint density at radius 3 is 2.39 bits per heavy atom. The van der Waals surface area contributed by atoms with Crippen molar-refractivity contribution in [1.82, 2.24) is 4.98 Å². The summed E-state index contributed by atoms with van der Waals surface area (Å²) >= 11 is 4.93. The number of rotatable bonds is 5.